The first-order valence-electron chi connectivity index (χ1n) is 7.49. The molecule has 0 aromatic heterocycles. The van der Waals surface area contributed by atoms with E-state index in [2.05, 4.69) is 56.8 Å². The Bertz CT molecular complexity index is 480. The zero-order chi connectivity index (χ0) is 15.9. The maximum atomic E-state index is 8.19. The van der Waals surface area contributed by atoms with Crippen LogP contribution in [-0.2, 0) is 5.41 Å². The second-order valence-corrected chi connectivity index (χ2v) is 7.30. The Morgan fingerprint density at radius 1 is 1.10 bits per heavy atom. The van der Waals surface area contributed by atoms with Crippen molar-refractivity contribution in [2.45, 2.75) is 52.9 Å². The van der Waals surface area contributed by atoms with Crippen molar-refractivity contribution in [2.75, 3.05) is 13.2 Å². The highest BCUT2D eigenvalue weighted by atomic mass is 16.5. The largest absolute Gasteiger partial charge is 0.494 e. The van der Waals surface area contributed by atoms with Gasteiger partial charge in [-0.3, -0.25) is 0 Å². The Morgan fingerprint density at radius 3 is 2.24 bits per heavy atom. The van der Waals surface area contributed by atoms with Crippen LogP contribution in [0.4, 0.5) is 0 Å². The molecule has 0 bridgehead atoms. The van der Waals surface area contributed by atoms with Crippen LogP contribution in [0.1, 0.15) is 53.0 Å². The van der Waals surface area contributed by atoms with Crippen LogP contribution in [-0.4, -0.2) is 13.2 Å². The monoisotopic (exact) mass is 289 g/mol. The highest BCUT2D eigenvalue weighted by Crippen LogP contribution is 2.36. The van der Waals surface area contributed by atoms with Gasteiger partial charge in [0.2, 0.25) is 0 Å². The Hall–Kier alpha value is -1.67. The van der Waals surface area contributed by atoms with Crippen molar-refractivity contribution >= 4 is 0 Å². The van der Waals surface area contributed by atoms with E-state index < -0.39 is 0 Å². The van der Waals surface area contributed by atoms with Gasteiger partial charge >= 0.3 is 0 Å². The molecule has 0 saturated heterocycles. The van der Waals surface area contributed by atoms with E-state index in [1.165, 1.54) is 5.56 Å². The summed E-state index contributed by atoms with van der Waals surface area (Å²) in [6, 6.07) is 8.34. The van der Waals surface area contributed by atoms with E-state index in [1.807, 2.05) is 12.1 Å². The van der Waals surface area contributed by atoms with Crippen molar-refractivity contribution in [2.24, 2.45) is 10.5 Å². The second-order valence-electron chi connectivity index (χ2n) is 7.30. The fraction of sp³-hybridized carbons (Fsp3) is 0.647. The molecule has 0 amide bonds. The normalized spacial score (nSPS) is 11.9. The number of nitrogens with zero attached hydrogens (tertiary/aromatic N) is 3. The Morgan fingerprint density at radius 2 is 1.71 bits per heavy atom. The summed E-state index contributed by atoms with van der Waals surface area (Å²) in [5, 5.41) is 3.48. The van der Waals surface area contributed by atoms with Gasteiger partial charge in [-0.05, 0) is 46.9 Å². The van der Waals surface area contributed by atoms with Gasteiger partial charge in [0.05, 0.1) is 6.61 Å². The van der Waals surface area contributed by atoms with E-state index in [1.54, 1.807) is 0 Å². The first-order valence-corrected chi connectivity index (χ1v) is 7.49. The van der Waals surface area contributed by atoms with E-state index in [0.717, 1.165) is 18.6 Å². The number of hydrogen-bond donors (Lipinski definition) is 0. The molecular formula is C17H27N3O. The lowest BCUT2D eigenvalue weighted by Gasteiger charge is -2.33. The van der Waals surface area contributed by atoms with Crippen LogP contribution in [0.5, 0.6) is 5.75 Å². The van der Waals surface area contributed by atoms with Crippen molar-refractivity contribution in [3.8, 4) is 5.75 Å². The third-order valence-corrected chi connectivity index (χ3v) is 3.34. The summed E-state index contributed by atoms with van der Waals surface area (Å²) in [7, 11) is 0. The van der Waals surface area contributed by atoms with Crippen LogP contribution in [0.15, 0.2) is 29.4 Å². The summed E-state index contributed by atoms with van der Waals surface area (Å²) in [5.74, 6) is 0.867. The quantitative estimate of drug-likeness (QED) is 0.284. The lowest BCUT2D eigenvalue weighted by Crippen LogP contribution is -2.24. The van der Waals surface area contributed by atoms with Crippen LogP contribution >= 0.6 is 0 Å². The summed E-state index contributed by atoms with van der Waals surface area (Å²) >= 11 is 0. The first-order chi connectivity index (χ1) is 9.74. The summed E-state index contributed by atoms with van der Waals surface area (Å²) < 4.78 is 5.64. The van der Waals surface area contributed by atoms with Gasteiger partial charge in [0, 0.05) is 11.5 Å². The summed E-state index contributed by atoms with van der Waals surface area (Å²) in [4.78, 5) is 2.72. The number of rotatable bonds is 7. The average molecular weight is 289 g/mol. The standard InChI is InChI=1S/C17H27N3O/c1-16(2,3)13-17(4,5)14-7-9-15(10-8-14)21-12-6-11-19-20-18/h7-10H,6,11-13H2,1-5H3. The molecule has 4 heteroatoms. The molecule has 4 nitrogen and oxygen atoms in total. The Labute approximate surface area is 128 Å². The van der Waals surface area contributed by atoms with E-state index >= 15 is 0 Å². The van der Waals surface area contributed by atoms with Gasteiger partial charge in [-0.25, -0.2) is 0 Å². The molecule has 21 heavy (non-hydrogen) atoms. The van der Waals surface area contributed by atoms with Crippen LogP contribution in [0.25, 0.3) is 10.4 Å². The molecule has 0 heterocycles. The van der Waals surface area contributed by atoms with Gasteiger partial charge < -0.3 is 4.74 Å². The molecule has 0 unspecified atom stereocenters. The molecule has 0 saturated carbocycles. The van der Waals surface area contributed by atoms with Crippen molar-refractivity contribution in [3.63, 3.8) is 0 Å². The zero-order valence-corrected chi connectivity index (χ0v) is 13.9. The van der Waals surface area contributed by atoms with E-state index in [9.17, 15) is 0 Å². The van der Waals surface area contributed by atoms with Crippen molar-refractivity contribution in [1.82, 2.24) is 0 Å². The number of azide groups is 1. The molecule has 0 aliphatic rings. The lowest BCUT2D eigenvalue weighted by atomic mass is 9.72. The summed E-state index contributed by atoms with van der Waals surface area (Å²) in [6.45, 7) is 12.4. The van der Waals surface area contributed by atoms with E-state index in [4.69, 9.17) is 10.3 Å². The SMILES string of the molecule is CC(C)(C)CC(C)(C)c1ccc(OCCCN=[N+]=[N-])cc1. The fourth-order valence-corrected chi connectivity index (χ4v) is 2.80. The highest BCUT2D eigenvalue weighted by molar-refractivity contribution is 5.31. The third-order valence-electron chi connectivity index (χ3n) is 3.34. The molecule has 0 atom stereocenters. The van der Waals surface area contributed by atoms with Gasteiger partial charge in [-0.15, -0.1) is 0 Å². The molecule has 1 aromatic rings. The molecule has 0 N–H and O–H groups in total. The van der Waals surface area contributed by atoms with E-state index in [-0.39, 0.29) is 5.41 Å². The predicted octanol–water partition coefficient (Wildman–Crippen LogP) is 5.48. The molecule has 0 aliphatic heterocycles. The fourth-order valence-electron chi connectivity index (χ4n) is 2.80. The minimum Gasteiger partial charge on any atom is -0.494 e. The van der Waals surface area contributed by atoms with Crippen LogP contribution < -0.4 is 4.74 Å². The van der Waals surface area contributed by atoms with Crippen LogP contribution in [0, 0.1) is 5.41 Å². The van der Waals surface area contributed by atoms with Crippen LogP contribution in [0.2, 0.25) is 0 Å². The lowest BCUT2D eigenvalue weighted by molar-refractivity contribution is 0.283. The Balaban J connectivity index is 2.59. The topological polar surface area (TPSA) is 58.0 Å². The number of benzene rings is 1. The minimum absolute atomic E-state index is 0.151. The maximum absolute atomic E-state index is 8.19. The molecular weight excluding hydrogens is 262 g/mol. The summed E-state index contributed by atoms with van der Waals surface area (Å²) in [6.07, 6.45) is 1.87. The zero-order valence-electron chi connectivity index (χ0n) is 13.9. The molecule has 0 fully saturated rings. The van der Waals surface area contributed by atoms with Crippen molar-refractivity contribution in [3.05, 3.63) is 40.3 Å². The highest BCUT2D eigenvalue weighted by Gasteiger charge is 2.27. The number of hydrogen-bond acceptors (Lipinski definition) is 2. The van der Waals surface area contributed by atoms with Crippen molar-refractivity contribution in [1.29, 1.82) is 0 Å². The molecule has 1 rings (SSSR count). The molecule has 1 aromatic carbocycles. The molecule has 116 valence electrons. The smallest absolute Gasteiger partial charge is 0.119 e. The van der Waals surface area contributed by atoms with Gasteiger partial charge in [-0.1, -0.05) is 51.9 Å². The minimum atomic E-state index is 0.151. The van der Waals surface area contributed by atoms with Gasteiger partial charge in [-0.2, -0.15) is 0 Å². The van der Waals surface area contributed by atoms with E-state index in [0.29, 0.717) is 18.6 Å². The third kappa shape index (κ3) is 6.54. The van der Waals surface area contributed by atoms with Gasteiger partial charge in [0.25, 0.3) is 0 Å². The van der Waals surface area contributed by atoms with Gasteiger partial charge in [0.15, 0.2) is 0 Å². The van der Waals surface area contributed by atoms with Crippen LogP contribution in [0.3, 0.4) is 0 Å². The molecule has 0 radical (unpaired) electrons. The number of ether oxygens (including phenoxy) is 1. The maximum Gasteiger partial charge on any atom is 0.119 e. The molecule has 0 spiro atoms. The van der Waals surface area contributed by atoms with Gasteiger partial charge in [0.1, 0.15) is 5.75 Å². The summed E-state index contributed by atoms with van der Waals surface area (Å²) in [5.41, 5.74) is 9.98. The average Bonchev–Trinajstić information content (AvgIpc) is 2.36. The predicted molar refractivity (Wildman–Crippen MR) is 87.7 cm³/mol. The van der Waals surface area contributed by atoms with Crippen molar-refractivity contribution < 1.29 is 4.74 Å². The Kier molecular flexibility index (Phi) is 6.10. The second kappa shape index (κ2) is 7.37. The first kappa shape index (κ1) is 17.4. The molecule has 0 aliphatic carbocycles.